The first-order valence-corrected chi connectivity index (χ1v) is 6.99. The Kier molecular flexibility index (Phi) is 3.16. The van der Waals surface area contributed by atoms with Gasteiger partial charge >= 0.3 is 0 Å². The summed E-state index contributed by atoms with van der Waals surface area (Å²) in [5.41, 5.74) is 0.672. The molecule has 3 rings (SSSR count). The summed E-state index contributed by atoms with van der Waals surface area (Å²) in [5, 5.41) is 18.6. The zero-order chi connectivity index (χ0) is 13.3. The van der Waals surface area contributed by atoms with Crippen molar-refractivity contribution < 1.29 is 5.11 Å². The van der Waals surface area contributed by atoms with E-state index in [4.69, 9.17) is 5.26 Å². The zero-order valence-corrected chi connectivity index (χ0v) is 11.0. The van der Waals surface area contributed by atoms with E-state index in [-0.39, 0.29) is 12.0 Å². The van der Waals surface area contributed by atoms with Gasteiger partial charge in [0.25, 0.3) is 0 Å². The van der Waals surface area contributed by atoms with E-state index in [1.54, 1.807) is 6.20 Å². The second-order valence-corrected chi connectivity index (χ2v) is 5.86. The van der Waals surface area contributed by atoms with Crippen LogP contribution in [-0.2, 0) is 0 Å². The molecule has 2 heterocycles. The van der Waals surface area contributed by atoms with Crippen molar-refractivity contribution in [2.24, 2.45) is 11.3 Å². The fourth-order valence-corrected chi connectivity index (χ4v) is 3.65. The maximum absolute atomic E-state index is 9.81. The van der Waals surface area contributed by atoms with Crippen molar-refractivity contribution in [3.8, 4) is 6.07 Å². The van der Waals surface area contributed by atoms with Crippen molar-refractivity contribution in [1.82, 2.24) is 4.98 Å². The van der Waals surface area contributed by atoms with E-state index in [0.717, 1.165) is 25.3 Å². The first-order valence-electron chi connectivity index (χ1n) is 6.99. The fourth-order valence-electron chi connectivity index (χ4n) is 3.65. The average Bonchev–Trinajstić information content (AvgIpc) is 2.87. The molecular formula is C15H19N3O. The van der Waals surface area contributed by atoms with E-state index in [0.29, 0.717) is 11.5 Å². The van der Waals surface area contributed by atoms with Gasteiger partial charge in [-0.2, -0.15) is 5.26 Å². The molecule has 2 atom stereocenters. The molecule has 4 nitrogen and oxygen atoms in total. The number of nitriles is 1. The molecule has 1 aliphatic heterocycles. The number of pyridine rings is 1. The van der Waals surface area contributed by atoms with Crippen LogP contribution >= 0.6 is 0 Å². The third-order valence-electron chi connectivity index (χ3n) is 4.81. The molecule has 0 amide bonds. The summed E-state index contributed by atoms with van der Waals surface area (Å²) >= 11 is 0. The summed E-state index contributed by atoms with van der Waals surface area (Å²) in [6.07, 6.45) is 6.48. The highest BCUT2D eigenvalue weighted by atomic mass is 16.3. The Hall–Kier alpha value is -1.60. The molecule has 1 saturated heterocycles. The third-order valence-corrected chi connectivity index (χ3v) is 4.81. The first kappa shape index (κ1) is 12.4. The lowest BCUT2D eigenvalue weighted by atomic mass is 9.69. The van der Waals surface area contributed by atoms with Gasteiger partial charge in [0.05, 0.1) is 12.2 Å². The van der Waals surface area contributed by atoms with Gasteiger partial charge in [-0.25, -0.2) is 4.98 Å². The fraction of sp³-hybridized carbons (Fsp3) is 0.600. The van der Waals surface area contributed by atoms with Crippen LogP contribution in [0.2, 0.25) is 0 Å². The smallest absolute Gasteiger partial charge is 0.128 e. The van der Waals surface area contributed by atoms with Gasteiger partial charge in [-0.3, -0.25) is 0 Å². The molecule has 1 aromatic heterocycles. The largest absolute Gasteiger partial charge is 0.396 e. The van der Waals surface area contributed by atoms with Crippen molar-refractivity contribution >= 4 is 5.82 Å². The van der Waals surface area contributed by atoms with Crippen LogP contribution in [0.15, 0.2) is 18.3 Å². The quantitative estimate of drug-likeness (QED) is 0.879. The van der Waals surface area contributed by atoms with Crippen molar-refractivity contribution in [2.45, 2.75) is 25.7 Å². The Balaban J connectivity index is 1.82. The number of nitrogens with zero attached hydrogens (tertiary/aromatic N) is 3. The van der Waals surface area contributed by atoms with Crippen molar-refractivity contribution in [3.05, 3.63) is 23.9 Å². The van der Waals surface area contributed by atoms with Gasteiger partial charge < -0.3 is 10.0 Å². The number of aliphatic hydroxyl groups is 1. The summed E-state index contributed by atoms with van der Waals surface area (Å²) in [6, 6.07) is 5.83. The second kappa shape index (κ2) is 4.82. The number of hydrogen-bond donors (Lipinski definition) is 1. The summed E-state index contributed by atoms with van der Waals surface area (Å²) in [6.45, 7) is 2.16. The monoisotopic (exact) mass is 257 g/mol. The molecule has 100 valence electrons. The Morgan fingerprint density at radius 3 is 3.00 bits per heavy atom. The molecule has 0 aromatic carbocycles. The predicted molar refractivity (Wildman–Crippen MR) is 72.6 cm³/mol. The van der Waals surface area contributed by atoms with Crippen LogP contribution in [0.4, 0.5) is 5.82 Å². The summed E-state index contributed by atoms with van der Waals surface area (Å²) in [4.78, 5) is 6.65. The topological polar surface area (TPSA) is 60.2 Å². The lowest BCUT2D eigenvalue weighted by molar-refractivity contribution is 0.0626. The normalized spacial score (nSPS) is 29.9. The molecular weight excluding hydrogens is 238 g/mol. The molecule has 2 fully saturated rings. The maximum Gasteiger partial charge on any atom is 0.128 e. The van der Waals surface area contributed by atoms with Gasteiger partial charge in [-0.15, -0.1) is 0 Å². The number of fused-ring (bicyclic) bond motifs is 1. The van der Waals surface area contributed by atoms with E-state index in [1.807, 2.05) is 12.1 Å². The number of rotatable bonds is 2. The lowest BCUT2D eigenvalue weighted by Crippen LogP contribution is -2.37. The molecule has 0 spiro atoms. The molecule has 0 bridgehead atoms. The van der Waals surface area contributed by atoms with Crippen LogP contribution in [0.1, 0.15) is 31.2 Å². The SMILES string of the molecule is N#Cc1ccc(N2CC3CCCCC3(CO)C2)nc1. The number of anilines is 1. The van der Waals surface area contributed by atoms with Crippen LogP contribution in [0, 0.1) is 22.7 Å². The van der Waals surface area contributed by atoms with Crippen LogP contribution in [0.3, 0.4) is 0 Å². The minimum atomic E-state index is 0.0772. The van der Waals surface area contributed by atoms with Gasteiger partial charge in [-0.05, 0) is 30.9 Å². The summed E-state index contributed by atoms with van der Waals surface area (Å²) in [5.74, 6) is 1.52. The Labute approximate surface area is 113 Å². The average molecular weight is 257 g/mol. The van der Waals surface area contributed by atoms with Gasteiger partial charge in [-0.1, -0.05) is 12.8 Å². The minimum absolute atomic E-state index is 0.0772. The highest BCUT2D eigenvalue weighted by molar-refractivity contribution is 5.44. The maximum atomic E-state index is 9.81. The summed E-state index contributed by atoms with van der Waals surface area (Å²) < 4.78 is 0. The van der Waals surface area contributed by atoms with Crippen LogP contribution < -0.4 is 4.90 Å². The van der Waals surface area contributed by atoms with Crippen LogP contribution in [-0.4, -0.2) is 29.8 Å². The Morgan fingerprint density at radius 2 is 2.37 bits per heavy atom. The predicted octanol–water partition coefficient (Wildman–Crippen LogP) is 1.94. The molecule has 4 heteroatoms. The van der Waals surface area contributed by atoms with E-state index in [9.17, 15) is 5.11 Å². The third kappa shape index (κ3) is 2.08. The molecule has 2 aliphatic rings. The molecule has 1 aliphatic carbocycles. The standard InChI is InChI=1S/C15H19N3O/c16-7-12-4-5-14(17-8-12)18-9-13-3-1-2-6-15(13,10-18)11-19/h4-5,8,13,19H,1-3,6,9-11H2. The van der Waals surface area contributed by atoms with Gasteiger partial charge in [0, 0.05) is 24.7 Å². The molecule has 1 aromatic rings. The Morgan fingerprint density at radius 1 is 1.47 bits per heavy atom. The van der Waals surface area contributed by atoms with Crippen LogP contribution in [0.25, 0.3) is 0 Å². The number of hydrogen-bond acceptors (Lipinski definition) is 4. The minimum Gasteiger partial charge on any atom is -0.396 e. The van der Waals surface area contributed by atoms with E-state index < -0.39 is 0 Å². The number of aromatic nitrogens is 1. The first-order chi connectivity index (χ1) is 9.27. The zero-order valence-electron chi connectivity index (χ0n) is 11.0. The molecule has 1 saturated carbocycles. The highest BCUT2D eigenvalue weighted by Gasteiger charge is 2.47. The molecule has 19 heavy (non-hydrogen) atoms. The second-order valence-electron chi connectivity index (χ2n) is 5.86. The van der Waals surface area contributed by atoms with Crippen molar-refractivity contribution in [1.29, 1.82) is 5.26 Å². The molecule has 0 radical (unpaired) electrons. The van der Waals surface area contributed by atoms with Gasteiger partial charge in [0.2, 0.25) is 0 Å². The summed E-state index contributed by atoms with van der Waals surface area (Å²) in [7, 11) is 0. The lowest BCUT2D eigenvalue weighted by Gasteiger charge is -2.36. The highest BCUT2D eigenvalue weighted by Crippen LogP contribution is 2.47. The van der Waals surface area contributed by atoms with Crippen molar-refractivity contribution in [3.63, 3.8) is 0 Å². The molecule has 2 unspecified atom stereocenters. The van der Waals surface area contributed by atoms with E-state index in [1.165, 1.54) is 19.3 Å². The Bertz CT molecular complexity index is 493. The van der Waals surface area contributed by atoms with Crippen molar-refractivity contribution in [2.75, 3.05) is 24.6 Å². The van der Waals surface area contributed by atoms with E-state index in [2.05, 4.69) is 16.0 Å². The van der Waals surface area contributed by atoms with E-state index >= 15 is 0 Å². The van der Waals surface area contributed by atoms with Crippen LogP contribution in [0.5, 0.6) is 0 Å². The molecule has 1 N–H and O–H groups in total. The van der Waals surface area contributed by atoms with Gasteiger partial charge in [0.1, 0.15) is 11.9 Å². The van der Waals surface area contributed by atoms with Gasteiger partial charge in [0.15, 0.2) is 0 Å². The number of aliphatic hydroxyl groups excluding tert-OH is 1.